The molecule has 2 rings (SSSR count). The second-order valence-electron chi connectivity index (χ2n) is 3.30. The molecule has 2 aromatic rings. The molecule has 0 radical (unpaired) electrons. The third-order valence-corrected chi connectivity index (χ3v) is 1.95. The summed E-state index contributed by atoms with van der Waals surface area (Å²) in [5.74, 6) is 0.487. The minimum Gasteiger partial charge on any atom is -0.504 e. The monoisotopic (exact) mass is 177 g/mol. The minimum absolute atomic E-state index is 0.184. The highest BCUT2D eigenvalue weighted by molar-refractivity contribution is 5.51. The van der Waals surface area contributed by atoms with E-state index in [0.717, 1.165) is 5.69 Å². The number of aromatic hydroxyl groups is 1. The molecule has 0 unspecified atom stereocenters. The van der Waals surface area contributed by atoms with Crippen molar-refractivity contribution in [2.24, 2.45) is 0 Å². The normalized spacial score (nSPS) is 11.3. The van der Waals surface area contributed by atoms with Crippen molar-refractivity contribution in [2.75, 3.05) is 0 Å². The quantitative estimate of drug-likeness (QED) is 0.719. The first-order valence-electron chi connectivity index (χ1n) is 4.21. The van der Waals surface area contributed by atoms with Crippen LogP contribution in [-0.4, -0.2) is 19.7 Å². The standard InChI is InChI=1S/C9H11N3O/c1-6(2)7-5-8(13)9-10-3-4-12(9)11-7/h3-6,13H,1-2H3. The van der Waals surface area contributed by atoms with Crippen molar-refractivity contribution in [2.45, 2.75) is 19.8 Å². The number of aromatic nitrogens is 3. The summed E-state index contributed by atoms with van der Waals surface area (Å²) >= 11 is 0. The van der Waals surface area contributed by atoms with Crippen LogP contribution in [0.4, 0.5) is 0 Å². The molecule has 0 atom stereocenters. The van der Waals surface area contributed by atoms with Crippen LogP contribution in [-0.2, 0) is 0 Å². The molecular formula is C9H11N3O. The molecule has 2 heterocycles. The van der Waals surface area contributed by atoms with Gasteiger partial charge in [0.2, 0.25) is 0 Å². The van der Waals surface area contributed by atoms with Crippen molar-refractivity contribution in [3.05, 3.63) is 24.2 Å². The highest BCUT2D eigenvalue weighted by Gasteiger charge is 2.07. The lowest BCUT2D eigenvalue weighted by Gasteiger charge is -2.05. The van der Waals surface area contributed by atoms with E-state index >= 15 is 0 Å². The van der Waals surface area contributed by atoms with E-state index in [1.807, 2.05) is 13.8 Å². The highest BCUT2D eigenvalue weighted by Crippen LogP contribution is 2.20. The van der Waals surface area contributed by atoms with Crippen LogP contribution >= 0.6 is 0 Å². The molecule has 68 valence electrons. The molecule has 0 fully saturated rings. The van der Waals surface area contributed by atoms with Gasteiger partial charge in [0.05, 0.1) is 5.69 Å². The zero-order valence-electron chi connectivity index (χ0n) is 7.60. The van der Waals surface area contributed by atoms with E-state index in [4.69, 9.17) is 0 Å². The smallest absolute Gasteiger partial charge is 0.196 e. The van der Waals surface area contributed by atoms with E-state index in [9.17, 15) is 5.11 Å². The van der Waals surface area contributed by atoms with Gasteiger partial charge in [0, 0.05) is 18.5 Å². The first-order chi connectivity index (χ1) is 6.18. The van der Waals surface area contributed by atoms with Gasteiger partial charge in [0.1, 0.15) is 0 Å². The molecule has 0 saturated carbocycles. The number of hydrogen-bond acceptors (Lipinski definition) is 3. The maximum absolute atomic E-state index is 9.57. The van der Waals surface area contributed by atoms with E-state index in [1.54, 1.807) is 23.0 Å². The Bertz CT molecular complexity index is 433. The summed E-state index contributed by atoms with van der Waals surface area (Å²) in [6.07, 6.45) is 3.34. The molecule has 0 spiro atoms. The number of hydrogen-bond donors (Lipinski definition) is 1. The molecule has 0 aliphatic heterocycles. The van der Waals surface area contributed by atoms with Gasteiger partial charge in [-0.15, -0.1) is 0 Å². The molecule has 13 heavy (non-hydrogen) atoms. The summed E-state index contributed by atoms with van der Waals surface area (Å²) in [7, 11) is 0. The van der Waals surface area contributed by atoms with Gasteiger partial charge in [-0.05, 0) is 5.92 Å². The number of imidazole rings is 1. The SMILES string of the molecule is CC(C)c1cc(O)c2nccn2n1. The summed E-state index contributed by atoms with van der Waals surface area (Å²) in [6, 6.07) is 1.66. The van der Waals surface area contributed by atoms with Crippen molar-refractivity contribution in [1.29, 1.82) is 0 Å². The van der Waals surface area contributed by atoms with E-state index in [1.165, 1.54) is 0 Å². The predicted molar refractivity (Wildman–Crippen MR) is 48.7 cm³/mol. The lowest BCUT2D eigenvalue weighted by Crippen LogP contribution is -1.99. The van der Waals surface area contributed by atoms with Crippen LogP contribution in [0.2, 0.25) is 0 Å². The zero-order valence-corrected chi connectivity index (χ0v) is 7.60. The Balaban J connectivity index is 2.70. The summed E-state index contributed by atoms with van der Waals surface area (Å²) in [6.45, 7) is 4.06. The third kappa shape index (κ3) is 1.24. The fraction of sp³-hybridized carbons (Fsp3) is 0.333. The summed E-state index contributed by atoms with van der Waals surface area (Å²) in [5.41, 5.74) is 1.37. The second kappa shape index (κ2) is 2.73. The van der Waals surface area contributed by atoms with Gasteiger partial charge in [0.15, 0.2) is 11.4 Å². The molecular weight excluding hydrogens is 166 g/mol. The fourth-order valence-corrected chi connectivity index (χ4v) is 1.20. The Kier molecular flexibility index (Phi) is 1.69. The molecule has 0 aliphatic carbocycles. The van der Waals surface area contributed by atoms with E-state index in [0.29, 0.717) is 11.6 Å². The molecule has 4 heteroatoms. The maximum Gasteiger partial charge on any atom is 0.196 e. The molecule has 1 N–H and O–H groups in total. The molecule has 0 bridgehead atoms. The van der Waals surface area contributed by atoms with Crippen molar-refractivity contribution >= 4 is 5.65 Å². The average Bonchev–Trinajstić information content (AvgIpc) is 2.51. The Morgan fingerprint density at radius 2 is 2.23 bits per heavy atom. The van der Waals surface area contributed by atoms with Crippen molar-refractivity contribution in [3.63, 3.8) is 0 Å². The number of fused-ring (bicyclic) bond motifs is 1. The number of nitrogens with zero attached hydrogens (tertiary/aromatic N) is 3. The summed E-state index contributed by atoms with van der Waals surface area (Å²) in [5, 5.41) is 13.9. The van der Waals surface area contributed by atoms with Crippen LogP contribution in [0.5, 0.6) is 5.75 Å². The Morgan fingerprint density at radius 3 is 2.92 bits per heavy atom. The van der Waals surface area contributed by atoms with Gasteiger partial charge in [0.25, 0.3) is 0 Å². The largest absolute Gasteiger partial charge is 0.504 e. The van der Waals surface area contributed by atoms with E-state index < -0.39 is 0 Å². The molecule has 0 amide bonds. The molecule has 0 aromatic carbocycles. The zero-order chi connectivity index (χ0) is 9.42. The first kappa shape index (κ1) is 8.04. The third-order valence-electron chi connectivity index (χ3n) is 1.95. The van der Waals surface area contributed by atoms with Crippen molar-refractivity contribution in [3.8, 4) is 5.75 Å². The lowest BCUT2D eigenvalue weighted by molar-refractivity contribution is 0.473. The van der Waals surface area contributed by atoms with E-state index in [-0.39, 0.29) is 5.75 Å². The van der Waals surface area contributed by atoms with Gasteiger partial charge in [-0.2, -0.15) is 5.10 Å². The fourth-order valence-electron chi connectivity index (χ4n) is 1.20. The van der Waals surface area contributed by atoms with Gasteiger partial charge < -0.3 is 5.11 Å². The molecule has 4 nitrogen and oxygen atoms in total. The first-order valence-corrected chi connectivity index (χ1v) is 4.21. The Labute approximate surface area is 75.8 Å². The Morgan fingerprint density at radius 1 is 1.46 bits per heavy atom. The van der Waals surface area contributed by atoms with Crippen molar-refractivity contribution < 1.29 is 5.11 Å². The lowest BCUT2D eigenvalue weighted by atomic mass is 10.1. The maximum atomic E-state index is 9.57. The average molecular weight is 177 g/mol. The van der Waals surface area contributed by atoms with Gasteiger partial charge in [-0.25, -0.2) is 9.50 Å². The highest BCUT2D eigenvalue weighted by atomic mass is 16.3. The van der Waals surface area contributed by atoms with Crippen LogP contribution in [0.15, 0.2) is 18.5 Å². The predicted octanol–water partition coefficient (Wildman–Crippen LogP) is 1.56. The molecule has 2 aromatic heterocycles. The van der Waals surface area contributed by atoms with Crippen LogP contribution in [0.25, 0.3) is 5.65 Å². The van der Waals surface area contributed by atoms with Crippen LogP contribution in [0, 0.1) is 0 Å². The van der Waals surface area contributed by atoms with Crippen LogP contribution < -0.4 is 0 Å². The minimum atomic E-state index is 0.184. The van der Waals surface area contributed by atoms with Crippen LogP contribution in [0.1, 0.15) is 25.5 Å². The van der Waals surface area contributed by atoms with Crippen LogP contribution in [0.3, 0.4) is 0 Å². The van der Waals surface area contributed by atoms with Gasteiger partial charge >= 0.3 is 0 Å². The number of rotatable bonds is 1. The summed E-state index contributed by atoms with van der Waals surface area (Å²) in [4.78, 5) is 3.97. The van der Waals surface area contributed by atoms with Gasteiger partial charge in [-0.1, -0.05) is 13.8 Å². The Hall–Kier alpha value is -1.58. The molecule has 0 aliphatic rings. The van der Waals surface area contributed by atoms with E-state index in [2.05, 4.69) is 10.1 Å². The second-order valence-corrected chi connectivity index (χ2v) is 3.30. The topological polar surface area (TPSA) is 50.4 Å². The van der Waals surface area contributed by atoms with Crippen molar-refractivity contribution in [1.82, 2.24) is 14.6 Å². The van der Waals surface area contributed by atoms with Gasteiger partial charge in [-0.3, -0.25) is 0 Å². The molecule has 0 saturated heterocycles. The summed E-state index contributed by atoms with van der Waals surface area (Å²) < 4.78 is 1.59.